The molecule has 0 saturated carbocycles. The number of nitrogens with zero attached hydrogens (tertiary/aromatic N) is 2. The van der Waals surface area contributed by atoms with Crippen LogP contribution < -0.4 is 5.32 Å². The number of likely N-dealkylation sites (N-methyl/N-ethyl adjacent to an activating group) is 2. The van der Waals surface area contributed by atoms with Crippen LogP contribution in [0.5, 0.6) is 0 Å². The van der Waals surface area contributed by atoms with E-state index < -0.39 is 78.1 Å². The number of nitrogens with one attached hydrogen (secondary N) is 1. The zero-order chi connectivity index (χ0) is 38.7. The fourth-order valence-corrected chi connectivity index (χ4v) is 8.25. The normalized spacial score (nSPS) is 41.1. The van der Waals surface area contributed by atoms with Crippen LogP contribution in [0.4, 0.5) is 15.3 Å². The monoisotopic (exact) mass is 735 g/mol. The van der Waals surface area contributed by atoms with Gasteiger partial charge in [0.15, 0.2) is 24.1 Å². The fraction of sp³-hybridized carbons (Fsp3) is 0.763. The molecule has 1 aromatic carbocycles. The number of hydrogen-bond acceptors (Lipinski definition) is 13. The summed E-state index contributed by atoms with van der Waals surface area (Å²) < 4.78 is 36.5. The molecule has 0 bridgehead atoms. The summed E-state index contributed by atoms with van der Waals surface area (Å²) in [6.45, 7) is 14.7. The molecule has 52 heavy (non-hydrogen) atoms. The van der Waals surface area contributed by atoms with Crippen LogP contribution in [0.3, 0.4) is 0 Å². The number of benzene rings is 1. The van der Waals surface area contributed by atoms with Crippen molar-refractivity contribution in [3.8, 4) is 0 Å². The summed E-state index contributed by atoms with van der Waals surface area (Å²) in [4.78, 5) is 43.5. The second-order valence-corrected chi connectivity index (χ2v) is 15.9. The van der Waals surface area contributed by atoms with E-state index in [4.69, 9.17) is 28.4 Å². The highest BCUT2D eigenvalue weighted by atomic mass is 16.8. The molecular weight excluding hydrogens is 674 g/mol. The third kappa shape index (κ3) is 9.37. The van der Waals surface area contributed by atoms with Gasteiger partial charge in [0, 0.05) is 24.2 Å². The van der Waals surface area contributed by atoms with E-state index in [-0.39, 0.29) is 30.5 Å². The molecule has 14 heteroatoms. The second kappa shape index (κ2) is 17.0. The van der Waals surface area contributed by atoms with Gasteiger partial charge in [0.05, 0.1) is 35.9 Å². The molecule has 1 amide bonds. The number of hydrogen-bond donors (Lipinski definition) is 3. The van der Waals surface area contributed by atoms with E-state index in [0.29, 0.717) is 25.1 Å². The van der Waals surface area contributed by atoms with E-state index in [1.54, 1.807) is 52.0 Å². The Morgan fingerprint density at radius 3 is 2.35 bits per heavy atom. The lowest BCUT2D eigenvalue weighted by Gasteiger charge is -2.47. The van der Waals surface area contributed by atoms with Crippen molar-refractivity contribution < 1.29 is 53.0 Å². The number of fused-ring (bicyclic) bond motifs is 1. The highest BCUT2D eigenvalue weighted by Crippen LogP contribution is 2.40. The number of carbonyl (C=O) groups excluding carboxylic acids is 3. The van der Waals surface area contributed by atoms with Gasteiger partial charge in [-0.2, -0.15) is 0 Å². The molecule has 4 rings (SSSR count). The predicted octanol–water partition coefficient (Wildman–Crippen LogP) is 4.41. The van der Waals surface area contributed by atoms with E-state index in [2.05, 4.69) is 5.32 Å². The van der Waals surface area contributed by atoms with Crippen LogP contribution in [0.15, 0.2) is 30.3 Å². The summed E-state index contributed by atoms with van der Waals surface area (Å²) >= 11 is 0. The van der Waals surface area contributed by atoms with Gasteiger partial charge in [0.2, 0.25) is 0 Å². The maximum Gasteiger partial charge on any atom is 0.509 e. The first-order valence-electron chi connectivity index (χ1n) is 18.5. The van der Waals surface area contributed by atoms with E-state index in [1.165, 1.54) is 0 Å². The molecule has 3 aliphatic rings. The summed E-state index contributed by atoms with van der Waals surface area (Å²) in [6.07, 6.45) is -6.88. The van der Waals surface area contributed by atoms with Crippen molar-refractivity contribution in [2.75, 3.05) is 33.0 Å². The standard InChI is InChI=1S/C38H61N3O11/c1-12-28-38(8)32(51-36(45)52-38)25(6)41(11)20-21(2)19-37(7,46)31(23(4)29(42)24(5)33(43)48-28)50-34-30(27(40(9)10)18-22(3)47-34)49-35(44)39-26-16-14-13-15-17-26/h13-17,21-25,27-32,34,42,46H,12,18-20H2,1-11H3,(H,39,44)/t21-,22-,23+,24-,25-,27+,28-,29+,30-,31-,32-,34+,37-,38-/m1/s1. The van der Waals surface area contributed by atoms with E-state index in [0.717, 1.165) is 0 Å². The minimum absolute atomic E-state index is 0.131. The molecular formula is C38H61N3O11. The maximum absolute atomic E-state index is 13.8. The molecule has 0 aliphatic carbocycles. The molecule has 0 spiro atoms. The molecule has 0 radical (unpaired) electrons. The highest BCUT2D eigenvalue weighted by Gasteiger charge is 2.58. The Morgan fingerprint density at radius 1 is 1.08 bits per heavy atom. The SMILES string of the molecule is CC[C@H]1OC(=O)[C@H](C)[C@@H](O)[C@H](C)[C@@H](O[C@@H]2O[C@H](C)C[C@H](N(C)C)[C@H]2OC(=O)Nc2ccccc2)[C@](C)(O)C[C@@H](C)CN(C)[C@H](C)[C@H]2OC(=O)O[C@@]21C. The number of rotatable bonds is 6. The molecule has 0 unspecified atom stereocenters. The van der Waals surface area contributed by atoms with E-state index >= 15 is 0 Å². The van der Waals surface area contributed by atoms with Crippen molar-refractivity contribution in [1.29, 1.82) is 0 Å². The third-order valence-electron chi connectivity index (χ3n) is 11.2. The molecule has 14 nitrogen and oxygen atoms in total. The lowest BCUT2D eigenvalue weighted by molar-refractivity contribution is -0.297. The Balaban J connectivity index is 1.70. The zero-order valence-electron chi connectivity index (χ0n) is 32.6. The van der Waals surface area contributed by atoms with Crippen molar-refractivity contribution in [1.82, 2.24) is 9.80 Å². The van der Waals surface area contributed by atoms with Gasteiger partial charge in [0.1, 0.15) is 6.10 Å². The predicted molar refractivity (Wildman–Crippen MR) is 192 cm³/mol. The van der Waals surface area contributed by atoms with Crippen LogP contribution in [0.2, 0.25) is 0 Å². The number of aliphatic hydroxyl groups is 2. The van der Waals surface area contributed by atoms with Gasteiger partial charge in [-0.1, -0.05) is 39.0 Å². The summed E-state index contributed by atoms with van der Waals surface area (Å²) in [5.74, 6) is -2.75. The smallest absolute Gasteiger partial charge is 0.458 e. The van der Waals surface area contributed by atoms with Crippen molar-refractivity contribution in [2.45, 2.75) is 141 Å². The molecule has 294 valence electrons. The Labute approximate surface area is 308 Å². The van der Waals surface area contributed by atoms with Crippen molar-refractivity contribution >= 4 is 23.9 Å². The highest BCUT2D eigenvalue weighted by molar-refractivity contribution is 5.84. The van der Waals surface area contributed by atoms with Gasteiger partial charge >= 0.3 is 18.2 Å². The Hall–Kier alpha value is -3.01. The van der Waals surface area contributed by atoms with Gasteiger partial charge in [-0.05, 0) is 93.1 Å². The topological polar surface area (TPSA) is 166 Å². The summed E-state index contributed by atoms with van der Waals surface area (Å²) in [7, 11) is 5.67. The maximum atomic E-state index is 13.8. The first kappa shape index (κ1) is 41.7. The Morgan fingerprint density at radius 2 is 1.73 bits per heavy atom. The zero-order valence-corrected chi connectivity index (χ0v) is 32.6. The number of esters is 1. The largest absolute Gasteiger partial charge is 0.509 e. The Bertz CT molecular complexity index is 1360. The van der Waals surface area contributed by atoms with Gasteiger partial charge in [-0.25, -0.2) is 9.59 Å². The summed E-state index contributed by atoms with van der Waals surface area (Å²) in [5.41, 5.74) is -2.31. The number of ether oxygens (including phenoxy) is 6. The lowest BCUT2D eigenvalue weighted by Crippen LogP contribution is -2.60. The molecule has 3 fully saturated rings. The van der Waals surface area contributed by atoms with Crippen molar-refractivity contribution in [3.05, 3.63) is 30.3 Å². The Kier molecular flexibility index (Phi) is 13.6. The van der Waals surface area contributed by atoms with Crippen LogP contribution in [-0.2, 0) is 33.2 Å². The third-order valence-corrected chi connectivity index (χ3v) is 11.2. The number of carbonyl (C=O) groups is 3. The molecule has 14 atom stereocenters. The van der Waals surface area contributed by atoms with Crippen LogP contribution in [-0.4, -0.2) is 132 Å². The number of aliphatic hydroxyl groups excluding tert-OH is 1. The van der Waals surface area contributed by atoms with Gasteiger partial charge in [0.25, 0.3) is 0 Å². The van der Waals surface area contributed by atoms with Crippen LogP contribution in [0, 0.1) is 17.8 Å². The van der Waals surface area contributed by atoms with E-state index in [9.17, 15) is 24.6 Å². The van der Waals surface area contributed by atoms with Crippen molar-refractivity contribution in [2.24, 2.45) is 17.8 Å². The number of anilines is 1. The van der Waals surface area contributed by atoms with Crippen LogP contribution >= 0.6 is 0 Å². The van der Waals surface area contributed by atoms with Gasteiger partial charge in [-0.15, -0.1) is 0 Å². The summed E-state index contributed by atoms with van der Waals surface area (Å²) in [6, 6.07) is 8.27. The van der Waals surface area contributed by atoms with E-state index in [1.807, 2.05) is 64.7 Å². The molecule has 0 aromatic heterocycles. The number of amides is 1. The minimum atomic E-state index is -1.58. The molecule has 3 saturated heterocycles. The lowest BCUT2D eigenvalue weighted by atomic mass is 9.78. The van der Waals surface area contributed by atoms with Crippen LogP contribution in [0.25, 0.3) is 0 Å². The average Bonchev–Trinajstić information content (AvgIpc) is 3.38. The minimum Gasteiger partial charge on any atom is -0.458 e. The van der Waals surface area contributed by atoms with Gasteiger partial charge in [-0.3, -0.25) is 15.0 Å². The molecule has 3 N–H and O–H groups in total. The quantitative estimate of drug-likeness (QED) is 0.278. The molecule has 3 aliphatic heterocycles. The number of para-hydroxylation sites is 1. The molecule has 1 aromatic rings. The fourth-order valence-electron chi connectivity index (χ4n) is 8.25. The first-order chi connectivity index (χ1) is 24.3. The summed E-state index contributed by atoms with van der Waals surface area (Å²) in [5, 5.41) is 26.9. The number of cyclic esters (lactones) is 1. The first-order valence-corrected chi connectivity index (χ1v) is 18.5. The second-order valence-electron chi connectivity index (χ2n) is 15.9. The average molecular weight is 736 g/mol. The van der Waals surface area contributed by atoms with Crippen LogP contribution in [0.1, 0.15) is 74.7 Å². The van der Waals surface area contributed by atoms with Crippen molar-refractivity contribution in [3.63, 3.8) is 0 Å². The van der Waals surface area contributed by atoms with Gasteiger partial charge < -0.3 is 43.5 Å². The molecule has 3 heterocycles.